The van der Waals surface area contributed by atoms with Gasteiger partial charge in [-0.05, 0) is 13.5 Å². The van der Waals surface area contributed by atoms with E-state index in [-0.39, 0.29) is 24.5 Å². The smallest absolute Gasteiger partial charge is 0.226 e. The summed E-state index contributed by atoms with van der Waals surface area (Å²) in [6.07, 6.45) is 0. The Balaban J connectivity index is 4.03. The van der Waals surface area contributed by atoms with Gasteiger partial charge in [-0.2, -0.15) is 0 Å². The largest absolute Gasteiger partial charge is 0.394 e. The molecule has 0 heterocycles. The summed E-state index contributed by atoms with van der Waals surface area (Å²) < 4.78 is 0. The highest BCUT2D eigenvalue weighted by molar-refractivity contribution is 5.78. The normalized spacial score (nSPS) is 14.9. The van der Waals surface area contributed by atoms with Crippen LogP contribution in [0, 0.1) is 5.92 Å². The van der Waals surface area contributed by atoms with Crippen molar-refractivity contribution in [2.75, 3.05) is 26.7 Å². The first kappa shape index (κ1) is 13.4. The summed E-state index contributed by atoms with van der Waals surface area (Å²) >= 11 is 0. The van der Waals surface area contributed by atoms with Gasteiger partial charge in [0.05, 0.1) is 12.6 Å². The van der Waals surface area contributed by atoms with Crippen LogP contribution in [-0.2, 0) is 4.79 Å². The average Bonchev–Trinajstić information content (AvgIpc) is 2.22. The van der Waals surface area contributed by atoms with Crippen LogP contribution >= 0.6 is 0 Å². The Hall–Kier alpha value is -0.610. The van der Waals surface area contributed by atoms with E-state index in [0.29, 0.717) is 6.54 Å². The maximum atomic E-state index is 11.7. The number of rotatable bonds is 6. The van der Waals surface area contributed by atoms with E-state index >= 15 is 0 Å². The molecule has 4 heteroatoms. The molecule has 84 valence electrons. The zero-order valence-corrected chi connectivity index (χ0v) is 9.58. The Morgan fingerprint density at radius 2 is 2.07 bits per heavy atom. The number of likely N-dealkylation sites (N-methyl/N-ethyl adjacent to an activating group) is 1. The van der Waals surface area contributed by atoms with E-state index in [9.17, 15) is 4.79 Å². The van der Waals surface area contributed by atoms with Crippen molar-refractivity contribution in [3.8, 4) is 0 Å². The number of aliphatic hydroxyl groups excluding tert-OH is 1. The topological polar surface area (TPSA) is 52.6 Å². The number of nitrogens with zero attached hydrogens (tertiary/aromatic N) is 1. The van der Waals surface area contributed by atoms with E-state index in [1.165, 1.54) is 0 Å². The van der Waals surface area contributed by atoms with Crippen molar-refractivity contribution in [3.05, 3.63) is 0 Å². The summed E-state index contributed by atoms with van der Waals surface area (Å²) in [5, 5.41) is 12.0. The Bertz CT molecular complexity index is 174. The van der Waals surface area contributed by atoms with Crippen molar-refractivity contribution in [1.29, 1.82) is 0 Å². The lowest BCUT2D eigenvalue weighted by molar-refractivity contribution is -0.136. The summed E-state index contributed by atoms with van der Waals surface area (Å²) in [6.45, 7) is 7.31. The van der Waals surface area contributed by atoms with Crippen LogP contribution in [0.25, 0.3) is 0 Å². The number of carbonyl (C=O) groups is 1. The van der Waals surface area contributed by atoms with Gasteiger partial charge in [0.15, 0.2) is 0 Å². The molecule has 0 aliphatic carbocycles. The molecule has 0 aromatic heterocycles. The van der Waals surface area contributed by atoms with Crippen molar-refractivity contribution < 1.29 is 9.90 Å². The molecule has 0 saturated heterocycles. The summed E-state index contributed by atoms with van der Waals surface area (Å²) in [5.74, 6) is 0.0430. The van der Waals surface area contributed by atoms with Crippen molar-refractivity contribution >= 4 is 5.91 Å². The van der Waals surface area contributed by atoms with Gasteiger partial charge >= 0.3 is 0 Å². The van der Waals surface area contributed by atoms with Crippen molar-refractivity contribution in [2.45, 2.75) is 26.8 Å². The van der Waals surface area contributed by atoms with Crippen molar-refractivity contribution in [1.82, 2.24) is 10.2 Å². The molecule has 2 unspecified atom stereocenters. The average molecular weight is 202 g/mol. The molecule has 2 N–H and O–H groups in total. The Morgan fingerprint density at radius 3 is 2.50 bits per heavy atom. The molecular weight excluding hydrogens is 180 g/mol. The highest BCUT2D eigenvalue weighted by Crippen LogP contribution is 2.03. The van der Waals surface area contributed by atoms with E-state index < -0.39 is 0 Å². The summed E-state index contributed by atoms with van der Waals surface area (Å²) in [5.41, 5.74) is 0. The maximum Gasteiger partial charge on any atom is 0.226 e. The number of nitrogens with one attached hydrogen (secondary N) is 1. The van der Waals surface area contributed by atoms with Gasteiger partial charge in [0, 0.05) is 19.5 Å². The fraction of sp³-hybridized carbons (Fsp3) is 0.900. The number of aliphatic hydroxyl groups is 1. The van der Waals surface area contributed by atoms with Crippen LogP contribution in [0.2, 0.25) is 0 Å². The van der Waals surface area contributed by atoms with Crippen LogP contribution in [-0.4, -0.2) is 48.7 Å². The molecule has 0 fully saturated rings. The molecule has 0 radical (unpaired) electrons. The van der Waals surface area contributed by atoms with E-state index in [1.807, 2.05) is 20.8 Å². The molecule has 0 aliphatic heterocycles. The Kier molecular flexibility index (Phi) is 6.49. The summed E-state index contributed by atoms with van der Waals surface area (Å²) in [7, 11) is 1.73. The number of hydrogen-bond acceptors (Lipinski definition) is 3. The van der Waals surface area contributed by atoms with E-state index in [4.69, 9.17) is 5.11 Å². The lowest BCUT2D eigenvalue weighted by atomic mass is 10.1. The highest BCUT2D eigenvalue weighted by atomic mass is 16.3. The Morgan fingerprint density at radius 1 is 1.50 bits per heavy atom. The predicted octanol–water partition coefficient (Wildman–Crippen LogP) is 0.0712. The second kappa shape index (κ2) is 6.79. The standard InChI is InChI=1S/C10H22N2O2/c1-5-11-6-8(2)10(14)12(4)9(3)7-13/h8-9,11,13H,5-7H2,1-4H3. The molecule has 14 heavy (non-hydrogen) atoms. The van der Waals surface area contributed by atoms with E-state index in [0.717, 1.165) is 6.54 Å². The lowest BCUT2D eigenvalue weighted by Gasteiger charge is -2.26. The van der Waals surface area contributed by atoms with Gasteiger partial charge in [-0.1, -0.05) is 13.8 Å². The van der Waals surface area contributed by atoms with Crippen LogP contribution < -0.4 is 5.32 Å². The molecule has 1 amide bonds. The SMILES string of the molecule is CCNCC(C)C(=O)N(C)C(C)CO. The molecular formula is C10H22N2O2. The van der Waals surface area contributed by atoms with Crippen LogP contribution in [0.4, 0.5) is 0 Å². The molecule has 2 atom stereocenters. The first-order valence-electron chi connectivity index (χ1n) is 5.12. The first-order valence-corrected chi connectivity index (χ1v) is 5.12. The van der Waals surface area contributed by atoms with Gasteiger partial charge < -0.3 is 15.3 Å². The third-order valence-corrected chi connectivity index (χ3v) is 2.40. The minimum absolute atomic E-state index is 0.0101. The molecule has 0 bridgehead atoms. The number of amides is 1. The van der Waals surface area contributed by atoms with E-state index in [1.54, 1.807) is 11.9 Å². The van der Waals surface area contributed by atoms with Crippen molar-refractivity contribution in [2.24, 2.45) is 5.92 Å². The van der Waals surface area contributed by atoms with Crippen LogP contribution in [0.5, 0.6) is 0 Å². The van der Waals surface area contributed by atoms with Gasteiger partial charge in [-0.3, -0.25) is 4.79 Å². The number of hydrogen-bond donors (Lipinski definition) is 2. The van der Waals surface area contributed by atoms with E-state index in [2.05, 4.69) is 5.32 Å². The Labute approximate surface area is 86.3 Å². The fourth-order valence-electron chi connectivity index (χ4n) is 1.14. The molecule has 0 aliphatic rings. The predicted molar refractivity (Wildman–Crippen MR) is 57.0 cm³/mol. The first-order chi connectivity index (χ1) is 6.54. The summed E-state index contributed by atoms with van der Waals surface area (Å²) in [4.78, 5) is 13.3. The summed E-state index contributed by atoms with van der Waals surface area (Å²) in [6, 6.07) is -0.105. The third kappa shape index (κ3) is 4.07. The van der Waals surface area contributed by atoms with Crippen molar-refractivity contribution in [3.63, 3.8) is 0 Å². The lowest BCUT2D eigenvalue weighted by Crippen LogP contribution is -2.42. The van der Waals surface area contributed by atoms with Gasteiger partial charge in [0.1, 0.15) is 0 Å². The molecule has 0 spiro atoms. The molecule has 0 aromatic carbocycles. The molecule has 0 saturated carbocycles. The van der Waals surface area contributed by atoms with Crippen LogP contribution in [0.1, 0.15) is 20.8 Å². The highest BCUT2D eigenvalue weighted by Gasteiger charge is 2.20. The minimum Gasteiger partial charge on any atom is -0.394 e. The van der Waals surface area contributed by atoms with Gasteiger partial charge in [-0.15, -0.1) is 0 Å². The molecule has 4 nitrogen and oxygen atoms in total. The maximum absolute atomic E-state index is 11.7. The second-order valence-electron chi connectivity index (χ2n) is 3.69. The zero-order valence-electron chi connectivity index (χ0n) is 9.58. The number of carbonyl (C=O) groups excluding carboxylic acids is 1. The van der Waals surface area contributed by atoms with Gasteiger partial charge in [-0.25, -0.2) is 0 Å². The molecule has 0 aromatic rings. The zero-order chi connectivity index (χ0) is 11.1. The van der Waals surface area contributed by atoms with Crippen LogP contribution in [0.15, 0.2) is 0 Å². The fourth-order valence-corrected chi connectivity index (χ4v) is 1.14. The minimum atomic E-state index is -0.105. The van der Waals surface area contributed by atoms with Crippen LogP contribution in [0.3, 0.4) is 0 Å². The quantitative estimate of drug-likeness (QED) is 0.641. The molecule has 0 rings (SSSR count). The van der Waals surface area contributed by atoms with Gasteiger partial charge in [0.2, 0.25) is 5.91 Å². The third-order valence-electron chi connectivity index (χ3n) is 2.40. The second-order valence-corrected chi connectivity index (χ2v) is 3.69. The monoisotopic (exact) mass is 202 g/mol. The van der Waals surface area contributed by atoms with Gasteiger partial charge in [0.25, 0.3) is 0 Å².